The number of sulfonamides is 1. The normalized spacial score (nSPS) is 12.3. The van der Waals surface area contributed by atoms with Crippen LogP contribution in [0.1, 0.15) is 31.9 Å². The fourth-order valence-corrected chi connectivity index (χ4v) is 3.08. The minimum atomic E-state index is -3.62. The summed E-state index contributed by atoms with van der Waals surface area (Å²) in [6.45, 7) is 6.93. The first-order valence-corrected chi connectivity index (χ1v) is 9.22. The molecule has 6 heteroatoms. The van der Waals surface area contributed by atoms with Crippen LogP contribution in [0.15, 0.2) is 53.4 Å². The van der Waals surface area contributed by atoms with Gasteiger partial charge in [-0.15, -0.1) is 0 Å². The molecule has 0 aliphatic carbocycles. The van der Waals surface area contributed by atoms with Gasteiger partial charge in [0.15, 0.2) is 0 Å². The Kier molecular flexibility index (Phi) is 5.74. The van der Waals surface area contributed by atoms with Gasteiger partial charge >= 0.3 is 0 Å². The van der Waals surface area contributed by atoms with Crippen LogP contribution in [0, 0.1) is 5.82 Å². The molecule has 0 unspecified atom stereocenters. The molecule has 0 saturated carbocycles. The largest absolute Gasteiger partial charge is 0.308 e. The zero-order valence-electron chi connectivity index (χ0n) is 14.1. The van der Waals surface area contributed by atoms with Crippen LogP contribution in [0.5, 0.6) is 0 Å². The predicted octanol–water partition coefficient (Wildman–Crippen LogP) is 3.19. The summed E-state index contributed by atoms with van der Waals surface area (Å²) in [4.78, 5) is 0.193. The lowest BCUT2D eigenvalue weighted by atomic mass is 10.1. The second-order valence-electron chi connectivity index (χ2n) is 6.70. The molecule has 0 heterocycles. The second-order valence-corrected chi connectivity index (χ2v) is 8.47. The minimum Gasteiger partial charge on any atom is -0.308 e. The Morgan fingerprint density at radius 1 is 0.958 bits per heavy atom. The number of benzene rings is 2. The number of halogens is 1. The van der Waals surface area contributed by atoms with Crippen molar-refractivity contribution < 1.29 is 12.8 Å². The lowest BCUT2D eigenvalue weighted by molar-refractivity contribution is 0.424. The van der Waals surface area contributed by atoms with Gasteiger partial charge in [-0.3, -0.25) is 0 Å². The van der Waals surface area contributed by atoms with Crippen LogP contribution in [0.25, 0.3) is 0 Å². The number of hydrogen-bond acceptors (Lipinski definition) is 3. The number of hydrogen-bond donors (Lipinski definition) is 2. The third-order valence-electron chi connectivity index (χ3n) is 3.41. The van der Waals surface area contributed by atoms with Crippen molar-refractivity contribution in [2.24, 2.45) is 0 Å². The topological polar surface area (TPSA) is 58.2 Å². The van der Waals surface area contributed by atoms with Gasteiger partial charge < -0.3 is 5.32 Å². The van der Waals surface area contributed by atoms with Crippen LogP contribution in [-0.4, -0.2) is 14.0 Å². The van der Waals surface area contributed by atoms with Crippen molar-refractivity contribution in [2.45, 2.75) is 44.3 Å². The Morgan fingerprint density at radius 2 is 1.62 bits per heavy atom. The molecule has 2 rings (SSSR count). The van der Waals surface area contributed by atoms with Crippen LogP contribution >= 0.6 is 0 Å². The maximum Gasteiger partial charge on any atom is 0.240 e. The van der Waals surface area contributed by atoms with Gasteiger partial charge in [-0.2, -0.15) is 0 Å². The van der Waals surface area contributed by atoms with Crippen LogP contribution in [0.3, 0.4) is 0 Å². The summed E-state index contributed by atoms with van der Waals surface area (Å²) in [5.74, 6) is -0.387. The summed E-state index contributed by atoms with van der Waals surface area (Å²) in [7, 11) is -3.62. The molecule has 0 aliphatic heterocycles. The Bertz CT molecular complexity index is 781. The molecular formula is C18H23FN2O2S. The van der Waals surface area contributed by atoms with Crippen molar-refractivity contribution in [2.75, 3.05) is 0 Å². The van der Waals surface area contributed by atoms with Crippen molar-refractivity contribution in [1.29, 1.82) is 0 Å². The summed E-state index contributed by atoms with van der Waals surface area (Å²) >= 11 is 0. The first-order chi connectivity index (χ1) is 11.2. The third-order valence-corrected chi connectivity index (χ3v) is 4.83. The summed E-state index contributed by atoms with van der Waals surface area (Å²) in [5.41, 5.74) is 1.58. The van der Waals surface area contributed by atoms with Gasteiger partial charge in [0.1, 0.15) is 5.82 Å². The van der Waals surface area contributed by atoms with Gasteiger partial charge in [-0.25, -0.2) is 17.5 Å². The molecule has 0 aromatic heterocycles. The highest BCUT2D eigenvalue weighted by Gasteiger charge is 2.14. The van der Waals surface area contributed by atoms with Crippen molar-refractivity contribution in [3.8, 4) is 0 Å². The smallest absolute Gasteiger partial charge is 0.240 e. The summed E-state index contributed by atoms with van der Waals surface area (Å²) < 4.78 is 40.2. The highest BCUT2D eigenvalue weighted by molar-refractivity contribution is 7.89. The molecule has 2 aromatic carbocycles. The van der Waals surface area contributed by atoms with Crippen molar-refractivity contribution in [3.63, 3.8) is 0 Å². The van der Waals surface area contributed by atoms with Gasteiger partial charge in [-0.1, -0.05) is 24.3 Å². The summed E-state index contributed by atoms with van der Waals surface area (Å²) in [6.07, 6.45) is 0. The van der Waals surface area contributed by atoms with E-state index in [0.29, 0.717) is 12.1 Å². The fraction of sp³-hybridized carbons (Fsp3) is 0.333. The van der Waals surface area contributed by atoms with E-state index in [1.165, 1.54) is 12.1 Å². The maximum absolute atomic E-state index is 13.1. The predicted molar refractivity (Wildman–Crippen MR) is 93.5 cm³/mol. The van der Waals surface area contributed by atoms with Crippen LogP contribution < -0.4 is 10.0 Å². The van der Waals surface area contributed by atoms with Crippen molar-refractivity contribution >= 4 is 10.0 Å². The van der Waals surface area contributed by atoms with E-state index in [4.69, 9.17) is 0 Å². The molecule has 0 atom stereocenters. The van der Waals surface area contributed by atoms with E-state index in [0.717, 1.165) is 5.56 Å². The monoisotopic (exact) mass is 350 g/mol. The van der Waals surface area contributed by atoms with Crippen molar-refractivity contribution in [1.82, 2.24) is 10.0 Å². The Hall–Kier alpha value is -1.76. The molecule has 24 heavy (non-hydrogen) atoms. The van der Waals surface area contributed by atoms with Crippen LogP contribution in [0.2, 0.25) is 0 Å². The maximum atomic E-state index is 13.1. The van der Waals surface area contributed by atoms with Gasteiger partial charge in [0.05, 0.1) is 4.90 Å². The molecule has 2 aromatic rings. The first-order valence-electron chi connectivity index (χ1n) is 7.74. The highest BCUT2D eigenvalue weighted by Crippen LogP contribution is 2.13. The minimum absolute atomic E-state index is 0.00272. The Labute approximate surface area is 143 Å². The van der Waals surface area contributed by atoms with E-state index in [2.05, 4.69) is 30.8 Å². The zero-order valence-corrected chi connectivity index (χ0v) is 15.0. The quantitative estimate of drug-likeness (QED) is 0.841. The van der Waals surface area contributed by atoms with Crippen LogP contribution in [-0.2, 0) is 23.1 Å². The number of nitrogens with one attached hydrogen (secondary N) is 2. The third kappa shape index (κ3) is 5.70. The lowest BCUT2D eigenvalue weighted by Crippen LogP contribution is -2.35. The molecular weight excluding hydrogens is 327 g/mol. The lowest BCUT2D eigenvalue weighted by Gasteiger charge is -2.20. The van der Waals surface area contributed by atoms with E-state index < -0.39 is 10.0 Å². The van der Waals surface area contributed by atoms with E-state index in [9.17, 15) is 12.8 Å². The zero-order chi connectivity index (χ0) is 17.8. The standard InChI is InChI=1S/C18H23FN2O2S/c1-18(2,3)20-12-14-7-9-17(10-8-14)24(22,23)21-13-15-5-4-6-16(19)11-15/h4-11,20-21H,12-13H2,1-3H3. The molecule has 0 saturated heterocycles. The number of rotatable bonds is 6. The molecule has 4 nitrogen and oxygen atoms in total. The summed E-state index contributed by atoms with van der Waals surface area (Å²) in [6, 6.07) is 12.6. The van der Waals surface area contributed by atoms with E-state index in [1.54, 1.807) is 36.4 Å². The molecule has 0 radical (unpaired) electrons. The second kappa shape index (κ2) is 7.42. The Balaban J connectivity index is 2.01. The highest BCUT2D eigenvalue weighted by atomic mass is 32.2. The molecule has 0 aliphatic rings. The van der Waals surface area contributed by atoms with Gasteiger partial charge in [-0.05, 0) is 56.2 Å². The van der Waals surface area contributed by atoms with Gasteiger partial charge in [0.25, 0.3) is 0 Å². The molecule has 0 bridgehead atoms. The summed E-state index contributed by atoms with van der Waals surface area (Å²) in [5, 5.41) is 3.35. The molecule has 2 N–H and O–H groups in total. The van der Waals surface area contributed by atoms with E-state index >= 15 is 0 Å². The van der Waals surface area contributed by atoms with E-state index in [-0.39, 0.29) is 22.8 Å². The fourth-order valence-electron chi connectivity index (χ4n) is 2.06. The van der Waals surface area contributed by atoms with Gasteiger partial charge in [0, 0.05) is 18.6 Å². The van der Waals surface area contributed by atoms with Crippen LogP contribution in [0.4, 0.5) is 4.39 Å². The average molecular weight is 350 g/mol. The average Bonchev–Trinajstić information content (AvgIpc) is 2.51. The Morgan fingerprint density at radius 3 is 2.21 bits per heavy atom. The SMILES string of the molecule is CC(C)(C)NCc1ccc(S(=O)(=O)NCc2cccc(F)c2)cc1. The molecule has 130 valence electrons. The molecule has 0 amide bonds. The molecule has 0 spiro atoms. The molecule has 0 fully saturated rings. The van der Waals surface area contributed by atoms with Gasteiger partial charge in [0.2, 0.25) is 10.0 Å². The van der Waals surface area contributed by atoms with Crippen molar-refractivity contribution in [3.05, 3.63) is 65.5 Å². The van der Waals surface area contributed by atoms with E-state index in [1.807, 2.05) is 0 Å². The first kappa shape index (κ1) is 18.6.